The quantitative estimate of drug-likeness (QED) is 0.391. The Bertz CT molecular complexity index is 1310. The fraction of sp³-hybridized carbons (Fsp3) is 0.300. The van der Waals surface area contributed by atoms with Crippen LogP contribution < -0.4 is 5.32 Å². The van der Waals surface area contributed by atoms with Crippen molar-refractivity contribution in [1.29, 1.82) is 0 Å². The summed E-state index contributed by atoms with van der Waals surface area (Å²) >= 11 is 0. The molecule has 190 valence electrons. The minimum atomic E-state index is -0.846. The highest BCUT2D eigenvalue weighted by molar-refractivity contribution is 6.24. The predicted octanol–water partition coefficient (Wildman–Crippen LogP) is 5.69. The maximum Gasteiger partial charge on any atom is 0.303 e. The van der Waals surface area contributed by atoms with E-state index in [1.54, 1.807) is 6.07 Å². The number of carbonyl (C=O) groups is 2. The predicted molar refractivity (Wildman–Crippen MR) is 142 cm³/mol. The van der Waals surface area contributed by atoms with Crippen molar-refractivity contribution in [2.45, 2.75) is 44.6 Å². The van der Waals surface area contributed by atoms with Gasteiger partial charge in [0.05, 0.1) is 11.4 Å². The van der Waals surface area contributed by atoms with Gasteiger partial charge in [-0.2, -0.15) is 0 Å². The molecule has 0 saturated carbocycles. The number of carbonyl (C=O) groups excluding carboxylic acids is 1. The number of carboxylic acids is 1. The Morgan fingerprint density at radius 2 is 1.68 bits per heavy atom. The first kappa shape index (κ1) is 24.8. The normalized spacial score (nSPS) is 17.9. The number of nitrogens with one attached hydrogen (secondary N) is 1. The number of amides is 1. The number of rotatable bonds is 8. The summed E-state index contributed by atoms with van der Waals surface area (Å²) in [5.41, 5.74) is 5.32. The van der Waals surface area contributed by atoms with Crippen molar-refractivity contribution in [2.24, 2.45) is 4.99 Å². The van der Waals surface area contributed by atoms with Gasteiger partial charge in [-0.25, -0.2) is 4.39 Å². The van der Waals surface area contributed by atoms with Crippen molar-refractivity contribution >= 4 is 29.0 Å². The van der Waals surface area contributed by atoms with E-state index in [2.05, 4.69) is 22.3 Å². The first-order valence-corrected chi connectivity index (χ1v) is 12.8. The Morgan fingerprint density at radius 3 is 2.38 bits per heavy atom. The standard InChI is InChI=1S/C30H30FN3O3/c31-23-11-14-25-26(18-23)33-30(37)28(25)29(22-9-4-20(5-10-22)8-15-27(35)36)32-24-12-6-21(7-13-24)19-34-16-2-1-3-17-34/h4-7,9-14,18,28H,1-3,8,15-17,19H2,(H,33,37)(H,35,36). The van der Waals surface area contributed by atoms with Gasteiger partial charge < -0.3 is 10.4 Å². The minimum Gasteiger partial charge on any atom is -0.481 e. The molecule has 0 aromatic heterocycles. The van der Waals surface area contributed by atoms with Gasteiger partial charge in [0.2, 0.25) is 5.91 Å². The summed E-state index contributed by atoms with van der Waals surface area (Å²) in [5, 5.41) is 11.8. The zero-order valence-corrected chi connectivity index (χ0v) is 20.6. The molecule has 0 bridgehead atoms. The molecule has 1 atom stereocenters. The fourth-order valence-electron chi connectivity index (χ4n) is 5.09. The number of piperidine rings is 1. The molecule has 1 unspecified atom stereocenters. The Labute approximate surface area is 215 Å². The van der Waals surface area contributed by atoms with E-state index in [0.29, 0.717) is 23.4 Å². The summed E-state index contributed by atoms with van der Waals surface area (Å²) in [6.07, 6.45) is 4.27. The van der Waals surface area contributed by atoms with Crippen molar-refractivity contribution in [2.75, 3.05) is 18.4 Å². The van der Waals surface area contributed by atoms with Gasteiger partial charge in [0.15, 0.2) is 0 Å². The summed E-state index contributed by atoms with van der Waals surface area (Å²) in [6, 6.07) is 19.9. The molecular formula is C30H30FN3O3. The highest BCUT2D eigenvalue weighted by Gasteiger charge is 2.35. The molecule has 37 heavy (non-hydrogen) atoms. The van der Waals surface area contributed by atoms with Crippen LogP contribution in [0.3, 0.4) is 0 Å². The first-order chi connectivity index (χ1) is 18.0. The van der Waals surface area contributed by atoms with Gasteiger partial charge in [0.1, 0.15) is 11.7 Å². The molecular weight excluding hydrogens is 469 g/mol. The van der Waals surface area contributed by atoms with Crippen molar-refractivity contribution in [3.63, 3.8) is 0 Å². The molecule has 2 heterocycles. The van der Waals surface area contributed by atoms with Crippen LogP contribution in [-0.2, 0) is 22.6 Å². The molecule has 3 aromatic rings. The largest absolute Gasteiger partial charge is 0.481 e. The lowest BCUT2D eigenvalue weighted by molar-refractivity contribution is -0.137. The van der Waals surface area contributed by atoms with E-state index in [-0.39, 0.29) is 12.3 Å². The molecule has 1 amide bonds. The Kier molecular flexibility index (Phi) is 7.42. The van der Waals surface area contributed by atoms with Gasteiger partial charge in [0.25, 0.3) is 0 Å². The van der Waals surface area contributed by atoms with Gasteiger partial charge in [0, 0.05) is 18.7 Å². The van der Waals surface area contributed by atoms with E-state index < -0.39 is 17.7 Å². The van der Waals surface area contributed by atoms with Crippen LogP contribution in [0, 0.1) is 5.82 Å². The average molecular weight is 500 g/mol. The monoisotopic (exact) mass is 499 g/mol. The molecule has 3 aromatic carbocycles. The maximum atomic E-state index is 13.8. The highest BCUT2D eigenvalue weighted by Crippen LogP contribution is 2.37. The lowest BCUT2D eigenvalue weighted by Crippen LogP contribution is -2.28. The minimum absolute atomic E-state index is 0.0496. The summed E-state index contributed by atoms with van der Waals surface area (Å²) in [5.74, 6) is -2.20. The van der Waals surface area contributed by atoms with Gasteiger partial charge in [-0.15, -0.1) is 0 Å². The van der Waals surface area contributed by atoms with E-state index >= 15 is 0 Å². The second-order valence-corrected chi connectivity index (χ2v) is 9.74. The molecule has 2 aliphatic heterocycles. The van der Waals surface area contributed by atoms with Crippen LogP contribution in [0.5, 0.6) is 0 Å². The second-order valence-electron chi connectivity index (χ2n) is 9.74. The third-order valence-corrected chi connectivity index (χ3v) is 7.04. The number of carboxylic acid groups (broad SMARTS) is 1. The molecule has 2 N–H and O–H groups in total. The number of aryl methyl sites for hydroxylation is 1. The van der Waals surface area contributed by atoms with E-state index in [4.69, 9.17) is 10.1 Å². The molecule has 1 saturated heterocycles. The Morgan fingerprint density at radius 1 is 0.973 bits per heavy atom. The topological polar surface area (TPSA) is 82.0 Å². The third-order valence-electron chi connectivity index (χ3n) is 7.04. The van der Waals surface area contributed by atoms with Crippen LogP contribution in [0.2, 0.25) is 0 Å². The number of benzene rings is 3. The molecule has 2 aliphatic rings. The number of hydrogen-bond donors (Lipinski definition) is 2. The van der Waals surface area contributed by atoms with E-state index in [9.17, 15) is 14.0 Å². The number of halogens is 1. The van der Waals surface area contributed by atoms with Crippen LogP contribution in [0.1, 0.15) is 53.9 Å². The Balaban J connectivity index is 1.46. The summed E-state index contributed by atoms with van der Waals surface area (Å²) in [6.45, 7) is 3.17. The first-order valence-electron chi connectivity index (χ1n) is 12.8. The maximum absolute atomic E-state index is 13.8. The molecule has 6 nitrogen and oxygen atoms in total. The summed E-state index contributed by atoms with van der Waals surface area (Å²) in [4.78, 5) is 31.4. The molecule has 0 aliphatic carbocycles. The zero-order chi connectivity index (χ0) is 25.8. The van der Waals surface area contributed by atoms with Gasteiger partial charge in [-0.3, -0.25) is 19.5 Å². The number of anilines is 1. The number of hydrogen-bond acceptors (Lipinski definition) is 4. The smallest absolute Gasteiger partial charge is 0.303 e. The molecule has 5 rings (SSSR count). The summed E-state index contributed by atoms with van der Waals surface area (Å²) in [7, 11) is 0. The Hall–Kier alpha value is -3.84. The number of aliphatic carboxylic acids is 1. The number of nitrogens with zero attached hydrogens (tertiary/aromatic N) is 2. The molecule has 0 radical (unpaired) electrons. The molecule has 1 fully saturated rings. The van der Waals surface area contributed by atoms with Crippen molar-refractivity contribution in [1.82, 2.24) is 4.90 Å². The van der Waals surface area contributed by atoms with Crippen molar-refractivity contribution < 1.29 is 19.1 Å². The second kappa shape index (κ2) is 11.0. The van der Waals surface area contributed by atoms with E-state index in [1.807, 2.05) is 36.4 Å². The van der Waals surface area contributed by atoms with Crippen molar-refractivity contribution in [3.05, 3.63) is 94.8 Å². The highest BCUT2D eigenvalue weighted by atomic mass is 19.1. The third kappa shape index (κ3) is 5.94. The number of aliphatic imine (C=N–C) groups is 1. The van der Waals surface area contributed by atoms with Gasteiger partial charge in [-0.05, 0) is 78.9 Å². The average Bonchev–Trinajstić information content (AvgIpc) is 3.22. The number of likely N-dealkylation sites (tertiary alicyclic amines) is 1. The zero-order valence-electron chi connectivity index (χ0n) is 20.6. The van der Waals surface area contributed by atoms with Crippen molar-refractivity contribution in [3.8, 4) is 0 Å². The van der Waals surface area contributed by atoms with Crippen LogP contribution in [0.15, 0.2) is 71.7 Å². The van der Waals surface area contributed by atoms with Gasteiger partial charge >= 0.3 is 5.97 Å². The van der Waals surface area contributed by atoms with Crippen LogP contribution in [0.4, 0.5) is 15.8 Å². The van der Waals surface area contributed by atoms with Crippen LogP contribution in [0.25, 0.3) is 0 Å². The summed E-state index contributed by atoms with van der Waals surface area (Å²) < 4.78 is 13.8. The lowest BCUT2D eigenvalue weighted by atomic mass is 9.90. The van der Waals surface area contributed by atoms with Gasteiger partial charge in [-0.1, -0.05) is 48.9 Å². The van der Waals surface area contributed by atoms with E-state index in [0.717, 1.165) is 36.4 Å². The van der Waals surface area contributed by atoms with Crippen LogP contribution >= 0.6 is 0 Å². The molecule has 7 heteroatoms. The number of fused-ring (bicyclic) bond motifs is 1. The van der Waals surface area contributed by atoms with Crippen LogP contribution in [-0.4, -0.2) is 40.7 Å². The lowest BCUT2D eigenvalue weighted by Gasteiger charge is -2.26. The SMILES string of the molecule is O=C(O)CCc1ccc(C(=Nc2ccc(CN3CCCCC3)cc2)C2C(=O)Nc3cc(F)ccc32)cc1. The molecule has 0 spiro atoms. The van der Waals surface area contributed by atoms with E-state index in [1.165, 1.54) is 37.0 Å². The fourth-order valence-corrected chi connectivity index (χ4v) is 5.09.